The fourth-order valence-electron chi connectivity index (χ4n) is 3.12. The predicted molar refractivity (Wildman–Crippen MR) is 125 cm³/mol. The molecule has 0 aliphatic carbocycles. The van der Waals surface area contributed by atoms with Crippen molar-refractivity contribution < 1.29 is 14.1 Å². The van der Waals surface area contributed by atoms with Crippen molar-refractivity contribution in [3.8, 4) is 11.5 Å². The number of carbonyl (C=O) groups is 2. The van der Waals surface area contributed by atoms with Gasteiger partial charge in [0.05, 0.1) is 16.1 Å². The monoisotopic (exact) mass is 446 g/mol. The van der Waals surface area contributed by atoms with Gasteiger partial charge in [0.1, 0.15) is 0 Å². The van der Waals surface area contributed by atoms with E-state index in [0.29, 0.717) is 39.1 Å². The van der Waals surface area contributed by atoms with E-state index in [1.807, 2.05) is 50.4 Å². The molecule has 0 fully saturated rings. The molecule has 0 spiro atoms. The minimum absolute atomic E-state index is 0.127. The Morgan fingerprint density at radius 1 is 1.00 bits per heavy atom. The van der Waals surface area contributed by atoms with Gasteiger partial charge in [-0.1, -0.05) is 43.3 Å². The first kappa shape index (κ1) is 21.5. The number of aromatic nitrogens is 2. The fourth-order valence-corrected chi connectivity index (χ4v) is 3.73. The summed E-state index contributed by atoms with van der Waals surface area (Å²) in [6, 6.07) is 16.0. The third kappa shape index (κ3) is 4.60. The average Bonchev–Trinajstić information content (AvgIpc) is 3.48. The molecular weight excluding hydrogens is 424 g/mol. The zero-order valence-corrected chi connectivity index (χ0v) is 18.7. The van der Waals surface area contributed by atoms with E-state index in [0.717, 1.165) is 5.56 Å². The van der Waals surface area contributed by atoms with Crippen LogP contribution in [0, 0.1) is 6.92 Å². The topological polar surface area (TPSA) is 97.1 Å². The second-order valence-electron chi connectivity index (χ2n) is 7.58. The second-order valence-corrected chi connectivity index (χ2v) is 8.52. The molecule has 0 aliphatic rings. The van der Waals surface area contributed by atoms with Crippen LogP contribution in [0.1, 0.15) is 51.2 Å². The van der Waals surface area contributed by atoms with Crippen LogP contribution in [0.5, 0.6) is 0 Å². The molecule has 8 heteroatoms. The number of rotatable bonds is 6. The molecule has 0 radical (unpaired) electrons. The number of para-hydroxylation sites is 1. The molecule has 0 atom stereocenters. The number of thiophene rings is 1. The number of anilines is 2. The van der Waals surface area contributed by atoms with Gasteiger partial charge < -0.3 is 15.2 Å². The highest BCUT2D eigenvalue weighted by atomic mass is 32.1. The van der Waals surface area contributed by atoms with Crippen LogP contribution in [0.4, 0.5) is 11.4 Å². The standard InChI is InChI=1S/C24H22N4O3S/c1-14(2)21-27-24(31-28-21)18-10-4-7-15(3)20(18)26-22(29)16-8-5-9-17(13-16)25-23(30)19-11-6-12-32-19/h4-14H,1-3H3,(H,25,30)(H,26,29). The highest BCUT2D eigenvalue weighted by molar-refractivity contribution is 7.12. The Hall–Kier alpha value is -3.78. The van der Waals surface area contributed by atoms with Crippen molar-refractivity contribution in [2.75, 3.05) is 10.6 Å². The van der Waals surface area contributed by atoms with Gasteiger partial charge in [-0.3, -0.25) is 9.59 Å². The summed E-state index contributed by atoms with van der Waals surface area (Å²) in [5.74, 6) is 0.563. The summed E-state index contributed by atoms with van der Waals surface area (Å²) in [5, 5.41) is 11.6. The van der Waals surface area contributed by atoms with E-state index in [1.165, 1.54) is 11.3 Å². The molecule has 4 rings (SSSR count). The Balaban J connectivity index is 1.57. The molecular formula is C24H22N4O3S. The molecule has 0 aliphatic heterocycles. The molecule has 2 N–H and O–H groups in total. The zero-order chi connectivity index (χ0) is 22.7. The quantitative estimate of drug-likeness (QED) is 0.394. The van der Waals surface area contributed by atoms with Crippen LogP contribution in [0.2, 0.25) is 0 Å². The molecule has 0 bridgehead atoms. The van der Waals surface area contributed by atoms with Gasteiger partial charge in [-0.2, -0.15) is 4.98 Å². The first-order valence-electron chi connectivity index (χ1n) is 10.1. The normalized spacial score (nSPS) is 10.9. The number of nitrogens with zero attached hydrogens (tertiary/aromatic N) is 2. The number of hydrogen-bond acceptors (Lipinski definition) is 6. The number of benzene rings is 2. The molecule has 0 saturated heterocycles. The summed E-state index contributed by atoms with van der Waals surface area (Å²) < 4.78 is 5.43. The van der Waals surface area contributed by atoms with Gasteiger partial charge in [0.2, 0.25) is 0 Å². The molecule has 2 aromatic carbocycles. The second kappa shape index (κ2) is 9.15. The van der Waals surface area contributed by atoms with Gasteiger partial charge in [0, 0.05) is 17.2 Å². The van der Waals surface area contributed by atoms with Gasteiger partial charge in [-0.05, 0) is 48.2 Å². The lowest BCUT2D eigenvalue weighted by atomic mass is 10.1. The third-order valence-corrected chi connectivity index (χ3v) is 5.70. The van der Waals surface area contributed by atoms with Gasteiger partial charge in [-0.25, -0.2) is 0 Å². The van der Waals surface area contributed by atoms with E-state index in [1.54, 1.807) is 30.3 Å². The third-order valence-electron chi connectivity index (χ3n) is 4.83. The smallest absolute Gasteiger partial charge is 0.265 e. The summed E-state index contributed by atoms with van der Waals surface area (Å²) >= 11 is 1.36. The molecule has 2 amide bonds. The number of hydrogen-bond donors (Lipinski definition) is 2. The minimum Gasteiger partial charge on any atom is -0.334 e. The highest BCUT2D eigenvalue weighted by Crippen LogP contribution is 2.31. The van der Waals surface area contributed by atoms with Crippen molar-refractivity contribution in [3.63, 3.8) is 0 Å². The first-order chi connectivity index (χ1) is 15.4. The first-order valence-corrected chi connectivity index (χ1v) is 11.0. The maximum Gasteiger partial charge on any atom is 0.265 e. The van der Waals surface area contributed by atoms with E-state index in [4.69, 9.17) is 4.52 Å². The minimum atomic E-state index is -0.309. The van der Waals surface area contributed by atoms with Crippen molar-refractivity contribution in [2.45, 2.75) is 26.7 Å². The average molecular weight is 447 g/mol. The SMILES string of the molecule is Cc1cccc(-c2nc(C(C)C)no2)c1NC(=O)c1cccc(NC(=O)c2cccs2)c1. The van der Waals surface area contributed by atoms with Crippen LogP contribution in [0.15, 0.2) is 64.5 Å². The van der Waals surface area contributed by atoms with Crippen LogP contribution in [0.3, 0.4) is 0 Å². The maximum atomic E-state index is 13.0. The van der Waals surface area contributed by atoms with Crippen LogP contribution in [0.25, 0.3) is 11.5 Å². The Kier molecular flexibility index (Phi) is 6.13. The molecule has 32 heavy (non-hydrogen) atoms. The van der Waals surface area contributed by atoms with Crippen LogP contribution in [-0.4, -0.2) is 22.0 Å². The maximum absolute atomic E-state index is 13.0. The summed E-state index contributed by atoms with van der Waals surface area (Å²) in [7, 11) is 0. The van der Waals surface area contributed by atoms with Gasteiger partial charge in [0.15, 0.2) is 5.82 Å². The van der Waals surface area contributed by atoms with E-state index in [2.05, 4.69) is 20.8 Å². The summed E-state index contributed by atoms with van der Waals surface area (Å²) in [6.45, 7) is 5.87. The summed E-state index contributed by atoms with van der Waals surface area (Å²) in [4.78, 5) is 30.4. The van der Waals surface area contributed by atoms with Crippen molar-refractivity contribution in [2.24, 2.45) is 0 Å². The Morgan fingerprint density at radius 2 is 1.81 bits per heavy atom. The zero-order valence-electron chi connectivity index (χ0n) is 17.9. The van der Waals surface area contributed by atoms with Gasteiger partial charge in [-0.15, -0.1) is 11.3 Å². The van der Waals surface area contributed by atoms with Crippen molar-refractivity contribution in [1.82, 2.24) is 10.1 Å². The Bertz CT molecular complexity index is 1260. The van der Waals surface area contributed by atoms with E-state index >= 15 is 0 Å². The van der Waals surface area contributed by atoms with E-state index in [9.17, 15) is 9.59 Å². The fraction of sp³-hybridized carbons (Fsp3) is 0.167. The van der Waals surface area contributed by atoms with Crippen molar-refractivity contribution in [1.29, 1.82) is 0 Å². The molecule has 162 valence electrons. The molecule has 0 unspecified atom stereocenters. The van der Waals surface area contributed by atoms with Crippen LogP contribution < -0.4 is 10.6 Å². The molecule has 2 heterocycles. The van der Waals surface area contributed by atoms with Crippen LogP contribution in [-0.2, 0) is 0 Å². The molecule has 7 nitrogen and oxygen atoms in total. The van der Waals surface area contributed by atoms with Gasteiger partial charge in [0.25, 0.3) is 17.7 Å². The van der Waals surface area contributed by atoms with E-state index in [-0.39, 0.29) is 17.7 Å². The lowest BCUT2D eigenvalue weighted by molar-refractivity contribution is 0.101. The Labute approximate surface area is 189 Å². The predicted octanol–water partition coefficient (Wildman–Crippen LogP) is 5.73. The lowest BCUT2D eigenvalue weighted by Crippen LogP contribution is -2.15. The molecule has 2 aromatic heterocycles. The number of carbonyl (C=O) groups excluding carboxylic acids is 2. The van der Waals surface area contributed by atoms with E-state index < -0.39 is 0 Å². The van der Waals surface area contributed by atoms with Crippen molar-refractivity contribution in [3.05, 3.63) is 81.8 Å². The molecule has 0 saturated carbocycles. The van der Waals surface area contributed by atoms with Gasteiger partial charge >= 0.3 is 0 Å². The lowest BCUT2D eigenvalue weighted by Gasteiger charge is -2.12. The number of amides is 2. The number of aryl methyl sites for hydroxylation is 1. The number of nitrogens with one attached hydrogen (secondary N) is 2. The largest absolute Gasteiger partial charge is 0.334 e. The summed E-state index contributed by atoms with van der Waals surface area (Å²) in [6.07, 6.45) is 0. The van der Waals surface area contributed by atoms with Crippen LogP contribution >= 0.6 is 11.3 Å². The highest BCUT2D eigenvalue weighted by Gasteiger charge is 2.18. The Morgan fingerprint density at radius 3 is 2.53 bits per heavy atom. The van der Waals surface area contributed by atoms with Crippen molar-refractivity contribution >= 4 is 34.5 Å². The summed E-state index contributed by atoms with van der Waals surface area (Å²) in [5.41, 5.74) is 3.07. The molecule has 4 aromatic rings.